The number of fused-ring (bicyclic) bond motifs is 1. The monoisotopic (exact) mass is 232 g/mol. The summed E-state index contributed by atoms with van der Waals surface area (Å²) in [5.74, 6) is -0.510. The SMILES string of the molecule is CC(C)OC(=O)c1cc(=O)oc2ccccc12. The summed E-state index contributed by atoms with van der Waals surface area (Å²) in [4.78, 5) is 23.1. The molecule has 0 unspecified atom stereocenters. The second kappa shape index (κ2) is 4.41. The number of hydrogen-bond donors (Lipinski definition) is 0. The number of para-hydroxylation sites is 1. The minimum atomic E-state index is -0.556. The summed E-state index contributed by atoms with van der Waals surface area (Å²) in [5.41, 5.74) is 0.0701. The van der Waals surface area contributed by atoms with Gasteiger partial charge in [0, 0.05) is 11.5 Å². The van der Waals surface area contributed by atoms with Gasteiger partial charge < -0.3 is 9.15 Å². The third-order valence-electron chi connectivity index (χ3n) is 2.21. The fourth-order valence-electron chi connectivity index (χ4n) is 1.56. The quantitative estimate of drug-likeness (QED) is 0.589. The zero-order valence-corrected chi connectivity index (χ0v) is 9.60. The molecule has 0 saturated heterocycles. The Morgan fingerprint density at radius 1 is 1.29 bits per heavy atom. The lowest BCUT2D eigenvalue weighted by atomic mass is 10.1. The van der Waals surface area contributed by atoms with Gasteiger partial charge in [-0.15, -0.1) is 0 Å². The smallest absolute Gasteiger partial charge is 0.339 e. The first-order valence-corrected chi connectivity index (χ1v) is 5.32. The van der Waals surface area contributed by atoms with E-state index in [0.717, 1.165) is 6.07 Å². The first-order valence-electron chi connectivity index (χ1n) is 5.32. The van der Waals surface area contributed by atoms with Gasteiger partial charge in [0.2, 0.25) is 0 Å². The Labute approximate surface area is 97.8 Å². The van der Waals surface area contributed by atoms with Crippen molar-refractivity contribution in [1.29, 1.82) is 0 Å². The van der Waals surface area contributed by atoms with Gasteiger partial charge in [-0.2, -0.15) is 0 Å². The molecule has 2 rings (SSSR count). The minimum Gasteiger partial charge on any atom is -0.459 e. The van der Waals surface area contributed by atoms with E-state index in [9.17, 15) is 9.59 Å². The van der Waals surface area contributed by atoms with Crippen molar-refractivity contribution < 1.29 is 13.9 Å². The van der Waals surface area contributed by atoms with Crippen LogP contribution in [0.4, 0.5) is 0 Å². The third-order valence-corrected chi connectivity index (χ3v) is 2.21. The van der Waals surface area contributed by atoms with Crippen molar-refractivity contribution in [2.45, 2.75) is 20.0 Å². The minimum absolute atomic E-state index is 0.228. The first kappa shape index (κ1) is 11.4. The molecule has 4 nitrogen and oxygen atoms in total. The van der Waals surface area contributed by atoms with Gasteiger partial charge >= 0.3 is 11.6 Å². The number of carbonyl (C=O) groups is 1. The zero-order chi connectivity index (χ0) is 12.4. The average molecular weight is 232 g/mol. The standard InChI is InChI=1S/C13H12O4/c1-8(2)16-13(15)10-7-12(14)17-11-6-4-3-5-9(10)11/h3-8H,1-2H3. The van der Waals surface area contributed by atoms with Gasteiger partial charge in [-0.1, -0.05) is 18.2 Å². The molecule has 0 aliphatic heterocycles. The first-order chi connectivity index (χ1) is 8.08. The summed E-state index contributed by atoms with van der Waals surface area (Å²) in [6.45, 7) is 3.51. The van der Waals surface area contributed by atoms with Crippen LogP contribution in [0.25, 0.3) is 11.0 Å². The van der Waals surface area contributed by atoms with Crippen molar-refractivity contribution in [3.8, 4) is 0 Å². The fourth-order valence-corrected chi connectivity index (χ4v) is 1.56. The van der Waals surface area contributed by atoms with Gasteiger partial charge in [-0.25, -0.2) is 9.59 Å². The average Bonchev–Trinajstić information content (AvgIpc) is 2.26. The Morgan fingerprint density at radius 2 is 2.00 bits per heavy atom. The molecule has 0 spiro atoms. The molecule has 1 heterocycles. The van der Waals surface area contributed by atoms with Crippen LogP contribution in [0.1, 0.15) is 24.2 Å². The van der Waals surface area contributed by atoms with E-state index in [0.29, 0.717) is 11.0 Å². The second-order valence-electron chi connectivity index (χ2n) is 3.93. The Balaban J connectivity index is 2.60. The molecule has 0 bridgehead atoms. The van der Waals surface area contributed by atoms with Gasteiger partial charge in [0.1, 0.15) is 5.58 Å². The summed E-state index contributed by atoms with van der Waals surface area (Å²) >= 11 is 0. The highest BCUT2D eigenvalue weighted by atomic mass is 16.5. The molecule has 2 aromatic rings. The maximum atomic E-state index is 11.8. The fraction of sp³-hybridized carbons (Fsp3) is 0.231. The number of carbonyl (C=O) groups excluding carboxylic acids is 1. The Bertz CT molecular complexity index is 610. The van der Waals surface area contributed by atoms with E-state index in [4.69, 9.17) is 9.15 Å². The van der Waals surface area contributed by atoms with E-state index in [1.807, 2.05) is 0 Å². The number of hydrogen-bond acceptors (Lipinski definition) is 4. The molecule has 0 atom stereocenters. The van der Waals surface area contributed by atoms with Crippen LogP contribution >= 0.6 is 0 Å². The highest BCUT2D eigenvalue weighted by Gasteiger charge is 2.15. The predicted molar refractivity (Wildman–Crippen MR) is 63.0 cm³/mol. The predicted octanol–water partition coefficient (Wildman–Crippen LogP) is 2.36. The maximum Gasteiger partial charge on any atom is 0.339 e. The van der Waals surface area contributed by atoms with Crippen LogP contribution in [0, 0.1) is 0 Å². The molecule has 88 valence electrons. The third kappa shape index (κ3) is 2.36. The lowest BCUT2D eigenvalue weighted by molar-refractivity contribution is 0.0379. The normalized spacial score (nSPS) is 10.8. The summed E-state index contributed by atoms with van der Waals surface area (Å²) in [6.07, 6.45) is -0.228. The Kier molecular flexibility index (Phi) is 2.95. The summed E-state index contributed by atoms with van der Waals surface area (Å²) in [7, 11) is 0. The lowest BCUT2D eigenvalue weighted by Gasteiger charge is -2.08. The van der Waals surface area contributed by atoms with Crippen molar-refractivity contribution >= 4 is 16.9 Å². The number of benzene rings is 1. The van der Waals surface area contributed by atoms with Crippen LogP contribution in [-0.2, 0) is 4.74 Å². The van der Waals surface area contributed by atoms with Gasteiger partial charge in [0.25, 0.3) is 0 Å². The highest BCUT2D eigenvalue weighted by molar-refractivity contribution is 6.02. The Hall–Kier alpha value is -2.10. The van der Waals surface area contributed by atoms with Crippen molar-refractivity contribution in [1.82, 2.24) is 0 Å². The molecular weight excluding hydrogens is 220 g/mol. The van der Waals surface area contributed by atoms with Gasteiger partial charge in [-0.3, -0.25) is 0 Å². The molecule has 0 fully saturated rings. The van der Waals surface area contributed by atoms with Crippen molar-refractivity contribution in [3.05, 3.63) is 46.3 Å². The van der Waals surface area contributed by atoms with E-state index in [1.54, 1.807) is 38.1 Å². The van der Waals surface area contributed by atoms with E-state index >= 15 is 0 Å². The van der Waals surface area contributed by atoms with E-state index in [1.165, 1.54) is 0 Å². The van der Waals surface area contributed by atoms with Gasteiger partial charge in [0.15, 0.2) is 0 Å². The Morgan fingerprint density at radius 3 is 2.71 bits per heavy atom. The molecule has 0 radical (unpaired) electrons. The molecule has 17 heavy (non-hydrogen) atoms. The molecule has 1 aromatic carbocycles. The van der Waals surface area contributed by atoms with Crippen LogP contribution < -0.4 is 5.63 Å². The summed E-state index contributed by atoms with van der Waals surface area (Å²) in [5, 5.41) is 0.581. The van der Waals surface area contributed by atoms with Gasteiger partial charge in [-0.05, 0) is 19.9 Å². The molecule has 1 aromatic heterocycles. The van der Waals surface area contributed by atoms with Gasteiger partial charge in [0.05, 0.1) is 11.7 Å². The van der Waals surface area contributed by atoms with Crippen LogP contribution in [0.2, 0.25) is 0 Å². The van der Waals surface area contributed by atoms with Crippen LogP contribution in [0.15, 0.2) is 39.5 Å². The summed E-state index contributed by atoms with van der Waals surface area (Å²) < 4.78 is 10.1. The topological polar surface area (TPSA) is 56.5 Å². The number of rotatable bonds is 2. The van der Waals surface area contributed by atoms with E-state index in [-0.39, 0.29) is 11.7 Å². The largest absolute Gasteiger partial charge is 0.459 e. The second-order valence-corrected chi connectivity index (χ2v) is 3.93. The van der Waals surface area contributed by atoms with Crippen molar-refractivity contribution in [2.75, 3.05) is 0 Å². The molecule has 0 aliphatic rings. The zero-order valence-electron chi connectivity index (χ0n) is 9.60. The molecule has 4 heteroatoms. The van der Waals surface area contributed by atoms with E-state index in [2.05, 4.69) is 0 Å². The molecule has 0 aliphatic carbocycles. The number of ether oxygens (including phenoxy) is 1. The van der Waals surface area contributed by atoms with Crippen molar-refractivity contribution in [2.24, 2.45) is 0 Å². The molecule has 0 N–H and O–H groups in total. The van der Waals surface area contributed by atoms with E-state index < -0.39 is 11.6 Å². The van der Waals surface area contributed by atoms with Crippen LogP contribution in [-0.4, -0.2) is 12.1 Å². The molecular formula is C13H12O4. The summed E-state index contributed by atoms with van der Waals surface area (Å²) in [6, 6.07) is 8.03. The molecule has 0 amide bonds. The van der Waals surface area contributed by atoms with Crippen molar-refractivity contribution in [3.63, 3.8) is 0 Å². The number of esters is 1. The van der Waals surface area contributed by atoms with Crippen LogP contribution in [0.5, 0.6) is 0 Å². The maximum absolute atomic E-state index is 11.8. The van der Waals surface area contributed by atoms with Crippen LogP contribution in [0.3, 0.4) is 0 Å². The highest BCUT2D eigenvalue weighted by Crippen LogP contribution is 2.17. The molecule has 0 saturated carbocycles. The lowest BCUT2D eigenvalue weighted by Crippen LogP contribution is -2.14.